The van der Waals surface area contributed by atoms with Gasteiger partial charge in [-0.05, 0) is 25.0 Å². The zero-order valence-corrected chi connectivity index (χ0v) is 8.96. The molecule has 1 rings (SSSR count). The van der Waals surface area contributed by atoms with Crippen LogP contribution >= 0.6 is 0 Å². The molecule has 0 aliphatic carbocycles. The molecular weight excluding hydrogens is 148 g/mol. The third-order valence-corrected chi connectivity index (χ3v) is 4.14. The van der Waals surface area contributed by atoms with Gasteiger partial charge in [0.25, 0.3) is 0 Å². The van der Waals surface area contributed by atoms with Gasteiger partial charge in [-0.2, -0.15) is 0 Å². The van der Waals surface area contributed by atoms with Crippen molar-refractivity contribution in [2.24, 2.45) is 0 Å². The summed E-state index contributed by atoms with van der Waals surface area (Å²) in [6.07, 6.45) is 0. The Morgan fingerprint density at radius 3 is 2.18 bits per heavy atom. The minimum Gasteiger partial charge on any atom is -0.0682 e. The zero-order valence-electron chi connectivity index (χ0n) is 7.81. The number of hydrogen-bond donors (Lipinski definition) is 0. The summed E-state index contributed by atoms with van der Waals surface area (Å²) in [6, 6.07) is 6.64. The van der Waals surface area contributed by atoms with Crippen LogP contribution in [0.25, 0.3) is 0 Å². The van der Waals surface area contributed by atoms with Crippen LogP contribution in [0.3, 0.4) is 0 Å². The monoisotopic (exact) mass is 164 g/mol. The van der Waals surface area contributed by atoms with Gasteiger partial charge in [-0.3, -0.25) is 0 Å². The molecule has 0 aliphatic rings. The van der Waals surface area contributed by atoms with Crippen LogP contribution in [0, 0.1) is 13.8 Å². The van der Waals surface area contributed by atoms with Crippen LogP contribution in [0.5, 0.6) is 0 Å². The molecule has 0 amide bonds. The van der Waals surface area contributed by atoms with E-state index in [4.69, 9.17) is 0 Å². The van der Waals surface area contributed by atoms with E-state index in [1.165, 1.54) is 11.1 Å². The first-order valence-electron chi connectivity index (χ1n) is 4.19. The van der Waals surface area contributed by atoms with Crippen LogP contribution in [0.4, 0.5) is 0 Å². The van der Waals surface area contributed by atoms with Crippen LogP contribution in [-0.2, 0) is 0 Å². The van der Waals surface area contributed by atoms with Gasteiger partial charge in [-0.1, -0.05) is 36.5 Å². The second kappa shape index (κ2) is 3.22. The van der Waals surface area contributed by atoms with Crippen molar-refractivity contribution in [3.63, 3.8) is 0 Å². The summed E-state index contributed by atoms with van der Waals surface area (Å²) in [5, 5.41) is 1.62. The lowest BCUT2D eigenvalue weighted by molar-refractivity contribution is 1.36. The first kappa shape index (κ1) is 8.53. The second-order valence-electron chi connectivity index (χ2n) is 3.44. The van der Waals surface area contributed by atoms with Gasteiger partial charge in [0.1, 0.15) is 0 Å². The maximum absolute atomic E-state index is 2.38. The van der Waals surface area contributed by atoms with E-state index in [-0.39, 0.29) is 0 Å². The Morgan fingerprint density at radius 1 is 1.09 bits per heavy atom. The Bertz CT molecular complexity index is 251. The molecule has 0 radical (unpaired) electrons. The average Bonchev–Trinajstić information content (AvgIpc) is 1.94. The highest BCUT2D eigenvalue weighted by molar-refractivity contribution is 6.71. The zero-order chi connectivity index (χ0) is 8.43. The summed E-state index contributed by atoms with van der Waals surface area (Å²) in [5.74, 6) is 0. The summed E-state index contributed by atoms with van der Waals surface area (Å²) in [5.41, 5.74) is 2.94. The summed E-state index contributed by atoms with van der Waals surface area (Å²) < 4.78 is 0. The number of hydrogen-bond acceptors (Lipinski definition) is 0. The molecule has 11 heavy (non-hydrogen) atoms. The lowest BCUT2D eigenvalue weighted by Gasteiger charge is -2.09. The van der Waals surface area contributed by atoms with E-state index in [0.717, 1.165) is 0 Å². The van der Waals surface area contributed by atoms with E-state index in [1.54, 1.807) is 5.19 Å². The highest BCUT2D eigenvalue weighted by Crippen LogP contribution is 2.03. The van der Waals surface area contributed by atoms with Crippen LogP contribution in [-0.4, -0.2) is 8.80 Å². The molecule has 0 aromatic heterocycles. The smallest absolute Gasteiger partial charge is 0.0650 e. The number of rotatable bonds is 1. The van der Waals surface area contributed by atoms with Crippen molar-refractivity contribution in [2.75, 3.05) is 0 Å². The van der Waals surface area contributed by atoms with E-state index < -0.39 is 8.80 Å². The van der Waals surface area contributed by atoms with Crippen LogP contribution in [0.2, 0.25) is 13.1 Å². The number of benzene rings is 1. The first-order valence-corrected chi connectivity index (χ1v) is 7.07. The van der Waals surface area contributed by atoms with Crippen molar-refractivity contribution in [2.45, 2.75) is 26.9 Å². The fourth-order valence-electron chi connectivity index (χ4n) is 1.40. The Balaban J connectivity index is 3.17. The van der Waals surface area contributed by atoms with E-state index in [1.807, 2.05) is 0 Å². The van der Waals surface area contributed by atoms with Gasteiger partial charge >= 0.3 is 0 Å². The predicted molar refractivity (Wildman–Crippen MR) is 54.4 cm³/mol. The Hall–Kier alpha value is -0.563. The van der Waals surface area contributed by atoms with Crippen molar-refractivity contribution in [3.8, 4) is 0 Å². The SMILES string of the molecule is Cc1cccc([SiH](C)C)c1C. The molecule has 0 heterocycles. The molecule has 0 saturated heterocycles. The molecule has 0 N–H and O–H groups in total. The van der Waals surface area contributed by atoms with Crippen LogP contribution in [0.1, 0.15) is 11.1 Å². The predicted octanol–water partition coefficient (Wildman–Crippen LogP) is 2.00. The normalized spacial score (nSPS) is 10.6. The van der Waals surface area contributed by atoms with Crippen molar-refractivity contribution in [1.29, 1.82) is 0 Å². The molecule has 1 heteroatoms. The summed E-state index contributed by atoms with van der Waals surface area (Å²) in [7, 11) is -0.596. The van der Waals surface area contributed by atoms with Gasteiger partial charge < -0.3 is 0 Å². The minimum absolute atomic E-state index is 0.596. The van der Waals surface area contributed by atoms with Gasteiger partial charge in [0, 0.05) is 0 Å². The molecular formula is C10H16Si. The summed E-state index contributed by atoms with van der Waals surface area (Å²) >= 11 is 0. The highest BCUT2D eigenvalue weighted by Gasteiger charge is 2.04. The minimum atomic E-state index is -0.596. The molecule has 0 aliphatic heterocycles. The second-order valence-corrected chi connectivity index (χ2v) is 6.38. The topological polar surface area (TPSA) is 0 Å². The molecule has 0 fully saturated rings. The Morgan fingerprint density at radius 2 is 1.73 bits per heavy atom. The van der Waals surface area contributed by atoms with Crippen molar-refractivity contribution >= 4 is 14.0 Å². The fraction of sp³-hybridized carbons (Fsp3) is 0.400. The van der Waals surface area contributed by atoms with Gasteiger partial charge in [0.15, 0.2) is 0 Å². The molecule has 0 nitrogen and oxygen atoms in total. The molecule has 1 aromatic rings. The molecule has 0 atom stereocenters. The first-order chi connectivity index (χ1) is 5.13. The fourth-order valence-corrected chi connectivity index (χ4v) is 2.99. The lowest BCUT2D eigenvalue weighted by atomic mass is 10.1. The Kier molecular flexibility index (Phi) is 2.50. The molecule has 0 bridgehead atoms. The third-order valence-electron chi connectivity index (χ3n) is 2.27. The van der Waals surface area contributed by atoms with Gasteiger partial charge in [-0.25, -0.2) is 0 Å². The van der Waals surface area contributed by atoms with Crippen LogP contribution in [0.15, 0.2) is 18.2 Å². The number of aryl methyl sites for hydroxylation is 1. The third kappa shape index (κ3) is 1.72. The van der Waals surface area contributed by atoms with E-state index in [9.17, 15) is 0 Å². The molecule has 60 valence electrons. The average molecular weight is 164 g/mol. The lowest BCUT2D eigenvalue weighted by Crippen LogP contribution is -2.25. The largest absolute Gasteiger partial charge is 0.0682 e. The molecule has 0 saturated carbocycles. The summed E-state index contributed by atoms with van der Waals surface area (Å²) in [4.78, 5) is 0. The van der Waals surface area contributed by atoms with Gasteiger partial charge in [0.2, 0.25) is 0 Å². The molecule has 1 aromatic carbocycles. The van der Waals surface area contributed by atoms with E-state index >= 15 is 0 Å². The molecule has 0 unspecified atom stereocenters. The summed E-state index contributed by atoms with van der Waals surface area (Å²) in [6.45, 7) is 9.18. The maximum atomic E-state index is 2.38. The van der Waals surface area contributed by atoms with Crippen molar-refractivity contribution in [3.05, 3.63) is 29.3 Å². The maximum Gasteiger partial charge on any atom is 0.0650 e. The van der Waals surface area contributed by atoms with Gasteiger partial charge in [-0.15, -0.1) is 0 Å². The van der Waals surface area contributed by atoms with Crippen molar-refractivity contribution < 1.29 is 0 Å². The van der Waals surface area contributed by atoms with E-state index in [2.05, 4.69) is 45.1 Å². The highest BCUT2D eigenvalue weighted by atomic mass is 28.3. The Labute approximate surface area is 70.9 Å². The standard InChI is InChI=1S/C10H16Si/c1-8-6-5-7-10(9(8)2)11(3)4/h5-7,11H,1-4H3. The molecule has 0 spiro atoms. The van der Waals surface area contributed by atoms with Crippen molar-refractivity contribution in [1.82, 2.24) is 0 Å². The van der Waals surface area contributed by atoms with E-state index in [0.29, 0.717) is 0 Å². The van der Waals surface area contributed by atoms with Crippen LogP contribution < -0.4 is 5.19 Å². The van der Waals surface area contributed by atoms with Gasteiger partial charge in [0.05, 0.1) is 8.80 Å². The quantitative estimate of drug-likeness (QED) is 0.557.